The monoisotopic (exact) mass is 273 g/mol. The molecule has 1 N–H and O–H groups in total. The topological polar surface area (TPSA) is 38.3 Å². The molecule has 0 saturated heterocycles. The number of benzene rings is 2. The van der Waals surface area contributed by atoms with Crippen LogP contribution in [0.4, 0.5) is 0 Å². The largest absolute Gasteiger partial charge is 0.429 e. The van der Waals surface area contributed by atoms with Gasteiger partial charge in [-0.2, -0.15) is 0 Å². The molecule has 0 saturated carbocycles. The number of hydrogen-bond donors (Lipinski definition) is 1. The molecule has 19 heavy (non-hydrogen) atoms. The first kappa shape index (κ1) is 12.5. The van der Waals surface area contributed by atoms with Crippen molar-refractivity contribution in [2.24, 2.45) is 0 Å². The van der Waals surface area contributed by atoms with E-state index in [-0.39, 0.29) is 0 Å². The minimum absolute atomic E-state index is 0.674. The first-order valence-corrected chi connectivity index (χ1v) is 8.11. The van der Waals surface area contributed by atoms with Crippen LogP contribution in [0.1, 0.15) is 13.3 Å². The Bertz CT molecular complexity index is 654. The lowest BCUT2D eigenvalue weighted by atomic mass is 10.0. The molecule has 1 aliphatic heterocycles. The number of rotatable bonds is 3. The fourth-order valence-corrected chi connectivity index (χ4v) is 4.37. The average molecular weight is 273 g/mol. The summed E-state index contributed by atoms with van der Waals surface area (Å²) in [5.41, 5.74) is 2.00. The van der Waals surface area contributed by atoms with Crippen LogP contribution in [0.2, 0.25) is 0 Å². The Morgan fingerprint density at radius 1 is 1.05 bits per heavy atom. The van der Waals surface area contributed by atoms with E-state index in [0.29, 0.717) is 12.3 Å². The van der Waals surface area contributed by atoms with Crippen molar-refractivity contribution in [3.05, 3.63) is 48.5 Å². The minimum atomic E-state index is -3.00. The van der Waals surface area contributed by atoms with Crippen LogP contribution in [0.3, 0.4) is 0 Å². The fourth-order valence-electron chi connectivity index (χ4n) is 2.29. The molecule has 4 heteroatoms. The summed E-state index contributed by atoms with van der Waals surface area (Å²) in [6.45, 7) is 2.72. The predicted molar refractivity (Wildman–Crippen MR) is 78.0 cm³/mol. The van der Waals surface area contributed by atoms with Gasteiger partial charge in [0.1, 0.15) is 5.75 Å². The van der Waals surface area contributed by atoms with E-state index >= 15 is 0 Å². The molecule has 3 nitrogen and oxygen atoms in total. The maximum Gasteiger partial charge on any atom is 0.347 e. The summed E-state index contributed by atoms with van der Waals surface area (Å²) in [7, 11) is -3.00. The van der Waals surface area contributed by atoms with Gasteiger partial charge in [-0.05, 0) is 18.6 Å². The lowest BCUT2D eigenvalue weighted by Gasteiger charge is -2.28. The summed E-state index contributed by atoms with van der Waals surface area (Å²) in [6, 6.07) is 15.5. The van der Waals surface area contributed by atoms with Crippen molar-refractivity contribution in [3.8, 4) is 16.9 Å². The lowest BCUT2D eigenvalue weighted by molar-refractivity contribution is 0.477. The molecule has 0 spiro atoms. The molecule has 2 aromatic rings. The van der Waals surface area contributed by atoms with Crippen molar-refractivity contribution in [2.75, 3.05) is 6.54 Å². The van der Waals surface area contributed by atoms with E-state index in [9.17, 15) is 4.57 Å². The second kappa shape index (κ2) is 4.84. The van der Waals surface area contributed by atoms with E-state index < -0.39 is 7.52 Å². The van der Waals surface area contributed by atoms with Crippen LogP contribution >= 0.6 is 7.52 Å². The highest BCUT2D eigenvalue weighted by Gasteiger charge is 2.35. The van der Waals surface area contributed by atoms with Crippen molar-refractivity contribution in [3.63, 3.8) is 0 Å². The van der Waals surface area contributed by atoms with Gasteiger partial charge < -0.3 is 4.52 Å². The van der Waals surface area contributed by atoms with Crippen molar-refractivity contribution in [2.45, 2.75) is 13.3 Å². The van der Waals surface area contributed by atoms with Crippen molar-refractivity contribution < 1.29 is 9.09 Å². The Balaban J connectivity index is 2.17. The van der Waals surface area contributed by atoms with E-state index in [1.54, 1.807) is 0 Å². The summed E-state index contributed by atoms with van der Waals surface area (Å²) in [5.74, 6) is 0.688. The van der Waals surface area contributed by atoms with Gasteiger partial charge in [-0.15, -0.1) is 0 Å². The number of nitrogens with one attached hydrogen (secondary N) is 1. The molecule has 3 rings (SSSR count). The molecule has 1 unspecified atom stereocenters. The maximum absolute atomic E-state index is 13.0. The first-order valence-electron chi connectivity index (χ1n) is 6.48. The van der Waals surface area contributed by atoms with Crippen molar-refractivity contribution in [1.82, 2.24) is 5.09 Å². The smallest absolute Gasteiger partial charge is 0.347 e. The van der Waals surface area contributed by atoms with E-state index in [1.165, 1.54) is 0 Å². The molecular formula is C15H16NO2P. The lowest BCUT2D eigenvalue weighted by Crippen LogP contribution is -2.27. The summed E-state index contributed by atoms with van der Waals surface area (Å²) in [4.78, 5) is 0. The van der Waals surface area contributed by atoms with Gasteiger partial charge in [-0.3, -0.25) is 4.57 Å². The Morgan fingerprint density at radius 3 is 2.53 bits per heavy atom. The minimum Gasteiger partial charge on any atom is -0.429 e. The molecule has 1 aliphatic rings. The zero-order chi connectivity index (χ0) is 13.3. The molecular weight excluding hydrogens is 257 g/mol. The van der Waals surface area contributed by atoms with Crippen LogP contribution in [0.25, 0.3) is 11.1 Å². The van der Waals surface area contributed by atoms with Gasteiger partial charge in [0, 0.05) is 17.7 Å². The molecule has 0 fully saturated rings. The third kappa shape index (κ3) is 2.09. The molecule has 0 amide bonds. The van der Waals surface area contributed by atoms with Crippen molar-refractivity contribution >= 4 is 12.8 Å². The third-order valence-electron chi connectivity index (χ3n) is 3.20. The van der Waals surface area contributed by atoms with E-state index in [4.69, 9.17) is 4.52 Å². The van der Waals surface area contributed by atoms with E-state index in [1.807, 2.05) is 55.5 Å². The molecule has 0 aliphatic carbocycles. The molecule has 1 atom stereocenters. The van der Waals surface area contributed by atoms with Crippen LogP contribution in [-0.4, -0.2) is 6.54 Å². The highest BCUT2D eigenvalue weighted by molar-refractivity contribution is 7.65. The van der Waals surface area contributed by atoms with E-state index in [2.05, 4.69) is 5.09 Å². The number of hydrogen-bond acceptors (Lipinski definition) is 2. The molecule has 98 valence electrons. The van der Waals surface area contributed by atoms with Crippen LogP contribution in [0, 0.1) is 0 Å². The molecule has 0 radical (unpaired) electrons. The standard InChI is InChI=1S/C15H16NO2P/c1-2-11-16-19(17)15-10-6-4-8-13(15)12-7-3-5-9-14(12)18-19/h3-10H,2,11H2,1H3,(H,16,17). The highest BCUT2D eigenvalue weighted by atomic mass is 31.2. The maximum atomic E-state index is 13.0. The zero-order valence-corrected chi connectivity index (χ0v) is 11.7. The zero-order valence-electron chi connectivity index (χ0n) is 10.8. The van der Waals surface area contributed by atoms with Crippen LogP contribution in [-0.2, 0) is 4.57 Å². The molecule has 2 aromatic carbocycles. The van der Waals surface area contributed by atoms with Crippen LogP contribution in [0.5, 0.6) is 5.75 Å². The normalized spacial score (nSPS) is 20.3. The van der Waals surface area contributed by atoms with E-state index in [0.717, 1.165) is 22.9 Å². The van der Waals surface area contributed by atoms with Crippen LogP contribution < -0.4 is 14.9 Å². The average Bonchev–Trinajstić information content (AvgIpc) is 2.46. The van der Waals surface area contributed by atoms with Gasteiger partial charge >= 0.3 is 7.52 Å². The number of fused-ring (bicyclic) bond motifs is 3. The van der Waals surface area contributed by atoms with Crippen molar-refractivity contribution in [1.29, 1.82) is 0 Å². The van der Waals surface area contributed by atoms with Gasteiger partial charge in [0.15, 0.2) is 0 Å². The Morgan fingerprint density at radius 2 is 1.74 bits per heavy atom. The highest BCUT2D eigenvalue weighted by Crippen LogP contribution is 2.51. The quantitative estimate of drug-likeness (QED) is 0.869. The van der Waals surface area contributed by atoms with Gasteiger partial charge in [0.05, 0.1) is 5.30 Å². The summed E-state index contributed by atoms with van der Waals surface area (Å²) < 4.78 is 18.8. The second-order valence-corrected chi connectivity index (χ2v) is 6.65. The summed E-state index contributed by atoms with van der Waals surface area (Å²) in [5, 5.41) is 3.84. The van der Waals surface area contributed by atoms with Gasteiger partial charge in [-0.25, -0.2) is 5.09 Å². The first-order chi connectivity index (χ1) is 9.24. The fraction of sp³-hybridized carbons (Fsp3) is 0.200. The van der Waals surface area contributed by atoms with Gasteiger partial charge in [0.2, 0.25) is 0 Å². The Labute approximate surface area is 113 Å². The second-order valence-electron chi connectivity index (χ2n) is 4.56. The molecule has 0 aromatic heterocycles. The predicted octanol–water partition coefficient (Wildman–Crippen LogP) is 3.56. The Hall–Kier alpha value is -1.57. The molecule has 0 bridgehead atoms. The third-order valence-corrected chi connectivity index (χ3v) is 5.31. The molecule has 1 heterocycles. The Kier molecular flexibility index (Phi) is 3.17. The van der Waals surface area contributed by atoms with Gasteiger partial charge in [0.25, 0.3) is 0 Å². The summed E-state index contributed by atoms with van der Waals surface area (Å²) in [6.07, 6.45) is 0.914. The number of para-hydroxylation sites is 1. The van der Waals surface area contributed by atoms with Gasteiger partial charge in [-0.1, -0.05) is 43.3 Å². The summed E-state index contributed by atoms with van der Waals surface area (Å²) >= 11 is 0. The SMILES string of the molecule is CCCNP1(=O)Oc2ccccc2-c2ccccc21. The van der Waals surface area contributed by atoms with Crippen LogP contribution in [0.15, 0.2) is 48.5 Å².